The second kappa shape index (κ2) is 5.19. The summed E-state index contributed by atoms with van der Waals surface area (Å²) in [6.07, 6.45) is 3.66. The fraction of sp³-hybridized carbons (Fsp3) is 0. The van der Waals surface area contributed by atoms with Gasteiger partial charge >= 0.3 is 0 Å². The number of benzene rings is 2. The molecule has 100 valence electrons. The zero-order valence-corrected chi connectivity index (χ0v) is 11.9. The number of nitrogen functional groups attached to an aromatic ring is 1. The molecule has 0 amide bonds. The molecule has 0 spiro atoms. The molecule has 0 fully saturated rings. The monoisotopic (exact) mass is 303 g/mol. The minimum atomic E-state index is 0.470. The van der Waals surface area contributed by atoms with Crippen LogP contribution in [0.4, 0.5) is 5.69 Å². The van der Waals surface area contributed by atoms with Crippen LogP contribution in [-0.2, 0) is 0 Å². The maximum absolute atomic E-state index is 6.20. The predicted octanol–water partition coefficient (Wildman–Crippen LogP) is 4.43. The average molecular weight is 304 g/mol. The van der Waals surface area contributed by atoms with E-state index in [0.29, 0.717) is 21.4 Å². The van der Waals surface area contributed by atoms with Gasteiger partial charge < -0.3 is 5.73 Å². The summed E-state index contributed by atoms with van der Waals surface area (Å²) in [5.41, 5.74) is 8.94. The number of anilines is 1. The molecule has 3 aromatic rings. The molecule has 0 saturated carbocycles. The molecular weight excluding hydrogens is 293 g/mol. The molecule has 5 heteroatoms. The first-order valence-electron chi connectivity index (χ1n) is 6.00. The Balaban J connectivity index is 2.07. The second-order valence-corrected chi connectivity index (χ2v) is 5.19. The normalized spacial score (nSPS) is 10.7. The minimum absolute atomic E-state index is 0.470. The lowest BCUT2D eigenvalue weighted by Crippen LogP contribution is -1.98. The Morgan fingerprint density at radius 3 is 2.25 bits per heavy atom. The third-order valence-electron chi connectivity index (χ3n) is 2.96. The van der Waals surface area contributed by atoms with Crippen LogP contribution in [-0.4, -0.2) is 9.78 Å². The van der Waals surface area contributed by atoms with E-state index in [0.717, 1.165) is 11.1 Å². The van der Waals surface area contributed by atoms with E-state index in [1.807, 2.05) is 36.5 Å². The SMILES string of the molecule is Nc1cc(Cl)c(-n2cc(-c3ccccc3)cn2)c(Cl)c1. The van der Waals surface area contributed by atoms with Gasteiger partial charge in [-0.1, -0.05) is 53.5 Å². The van der Waals surface area contributed by atoms with Crippen molar-refractivity contribution in [2.75, 3.05) is 5.73 Å². The summed E-state index contributed by atoms with van der Waals surface area (Å²) in [4.78, 5) is 0. The Bertz CT molecular complexity index is 728. The van der Waals surface area contributed by atoms with Crippen LogP contribution in [0.2, 0.25) is 10.0 Å². The lowest BCUT2D eigenvalue weighted by atomic mass is 10.1. The van der Waals surface area contributed by atoms with Gasteiger partial charge in [0.2, 0.25) is 0 Å². The highest BCUT2D eigenvalue weighted by atomic mass is 35.5. The zero-order valence-electron chi connectivity index (χ0n) is 10.4. The average Bonchev–Trinajstić information content (AvgIpc) is 2.88. The summed E-state index contributed by atoms with van der Waals surface area (Å²) in [5, 5.41) is 5.26. The van der Waals surface area contributed by atoms with Crippen LogP contribution >= 0.6 is 23.2 Å². The molecular formula is C15H11Cl2N3. The number of rotatable bonds is 2. The Hall–Kier alpha value is -1.97. The summed E-state index contributed by atoms with van der Waals surface area (Å²) in [6, 6.07) is 13.3. The van der Waals surface area contributed by atoms with Crippen LogP contribution in [0.25, 0.3) is 16.8 Å². The molecule has 0 radical (unpaired) electrons. The van der Waals surface area contributed by atoms with Gasteiger partial charge in [-0.2, -0.15) is 5.10 Å². The minimum Gasteiger partial charge on any atom is -0.399 e. The topological polar surface area (TPSA) is 43.8 Å². The van der Waals surface area contributed by atoms with E-state index >= 15 is 0 Å². The molecule has 0 saturated heterocycles. The fourth-order valence-corrected chi connectivity index (χ4v) is 2.71. The molecule has 3 rings (SSSR count). The lowest BCUT2D eigenvalue weighted by molar-refractivity contribution is 0.881. The lowest BCUT2D eigenvalue weighted by Gasteiger charge is -2.07. The third-order valence-corrected chi connectivity index (χ3v) is 3.53. The van der Waals surface area contributed by atoms with Crippen molar-refractivity contribution in [3.8, 4) is 16.8 Å². The summed E-state index contributed by atoms with van der Waals surface area (Å²) in [6.45, 7) is 0. The maximum atomic E-state index is 6.20. The summed E-state index contributed by atoms with van der Waals surface area (Å²) >= 11 is 12.4. The Morgan fingerprint density at radius 1 is 0.950 bits per heavy atom. The molecule has 0 aliphatic carbocycles. The molecule has 0 aliphatic rings. The number of nitrogens with zero attached hydrogens (tertiary/aromatic N) is 2. The Labute approximate surface area is 126 Å². The second-order valence-electron chi connectivity index (χ2n) is 4.37. The van der Waals surface area contributed by atoms with Crippen LogP contribution in [0.1, 0.15) is 0 Å². The van der Waals surface area contributed by atoms with Crippen molar-refractivity contribution in [1.82, 2.24) is 9.78 Å². The summed E-state index contributed by atoms with van der Waals surface area (Å²) < 4.78 is 1.66. The van der Waals surface area contributed by atoms with Gasteiger partial charge in [0, 0.05) is 17.4 Å². The van der Waals surface area contributed by atoms with Gasteiger partial charge in [-0.3, -0.25) is 0 Å². The number of hydrogen-bond acceptors (Lipinski definition) is 2. The van der Waals surface area contributed by atoms with E-state index in [1.165, 1.54) is 0 Å². The number of nitrogens with two attached hydrogens (primary N) is 1. The van der Waals surface area contributed by atoms with E-state index in [4.69, 9.17) is 28.9 Å². The van der Waals surface area contributed by atoms with Gasteiger partial charge in [0.15, 0.2) is 0 Å². The third kappa shape index (κ3) is 2.38. The molecule has 0 unspecified atom stereocenters. The molecule has 3 nitrogen and oxygen atoms in total. The van der Waals surface area contributed by atoms with Crippen molar-refractivity contribution in [2.45, 2.75) is 0 Å². The number of halogens is 2. The van der Waals surface area contributed by atoms with Gasteiger partial charge in [-0.15, -0.1) is 0 Å². The molecule has 0 bridgehead atoms. The van der Waals surface area contributed by atoms with Gasteiger partial charge in [-0.25, -0.2) is 4.68 Å². The predicted molar refractivity (Wildman–Crippen MR) is 83.4 cm³/mol. The van der Waals surface area contributed by atoms with Crippen molar-refractivity contribution in [1.29, 1.82) is 0 Å². The maximum Gasteiger partial charge on any atom is 0.102 e. The van der Waals surface area contributed by atoms with Crippen molar-refractivity contribution >= 4 is 28.9 Å². The van der Waals surface area contributed by atoms with E-state index < -0.39 is 0 Å². The Kier molecular flexibility index (Phi) is 3.38. The van der Waals surface area contributed by atoms with Crippen LogP contribution < -0.4 is 5.73 Å². The smallest absolute Gasteiger partial charge is 0.102 e. The van der Waals surface area contributed by atoms with Crippen LogP contribution in [0, 0.1) is 0 Å². The van der Waals surface area contributed by atoms with Crippen LogP contribution in [0.3, 0.4) is 0 Å². The standard InChI is InChI=1S/C15H11Cl2N3/c16-13-6-12(18)7-14(17)15(13)20-9-11(8-19-20)10-4-2-1-3-5-10/h1-9H,18H2. The van der Waals surface area contributed by atoms with Crippen molar-refractivity contribution in [3.05, 3.63) is 64.9 Å². The van der Waals surface area contributed by atoms with E-state index in [9.17, 15) is 0 Å². The van der Waals surface area contributed by atoms with Gasteiger partial charge in [0.05, 0.1) is 16.2 Å². The highest BCUT2D eigenvalue weighted by Gasteiger charge is 2.11. The van der Waals surface area contributed by atoms with E-state index in [-0.39, 0.29) is 0 Å². The number of hydrogen-bond donors (Lipinski definition) is 1. The molecule has 1 heterocycles. The van der Waals surface area contributed by atoms with Crippen LogP contribution in [0.15, 0.2) is 54.9 Å². The van der Waals surface area contributed by atoms with E-state index in [2.05, 4.69) is 5.10 Å². The first-order valence-corrected chi connectivity index (χ1v) is 6.76. The van der Waals surface area contributed by atoms with Crippen LogP contribution in [0.5, 0.6) is 0 Å². The van der Waals surface area contributed by atoms with E-state index in [1.54, 1.807) is 23.0 Å². The van der Waals surface area contributed by atoms with Gasteiger partial charge in [0.1, 0.15) is 5.69 Å². The molecule has 2 aromatic carbocycles. The molecule has 2 N–H and O–H groups in total. The van der Waals surface area contributed by atoms with Crippen molar-refractivity contribution in [3.63, 3.8) is 0 Å². The number of aromatic nitrogens is 2. The summed E-state index contributed by atoms with van der Waals surface area (Å²) in [5.74, 6) is 0. The summed E-state index contributed by atoms with van der Waals surface area (Å²) in [7, 11) is 0. The zero-order chi connectivity index (χ0) is 14.1. The first kappa shape index (κ1) is 13.0. The highest BCUT2D eigenvalue weighted by Crippen LogP contribution is 2.31. The molecule has 1 aromatic heterocycles. The quantitative estimate of drug-likeness (QED) is 0.712. The van der Waals surface area contributed by atoms with Gasteiger partial charge in [0.25, 0.3) is 0 Å². The van der Waals surface area contributed by atoms with Crippen molar-refractivity contribution in [2.24, 2.45) is 0 Å². The first-order chi connectivity index (χ1) is 9.65. The molecule has 20 heavy (non-hydrogen) atoms. The van der Waals surface area contributed by atoms with Crippen molar-refractivity contribution < 1.29 is 0 Å². The largest absolute Gasteiger partial charge is 0.399 e. The highest BCUT2D eigenvalue weighted by molar-refractivity contribution is 6.38. The fourth-order valence-electron chi connectivity index (χ4n) is 2.03. The Morgan fingerprint density at radius 2 is 1.60 bits per heavy atom. The molecule has 0 aliphatic heterocycles. The molecule has 0 atom stereocenters. The van der Waals surface area contributed by atoms with Gasteiger partial charge in [-0.05, 0) is 17.7 Å².